The van der Waals surface area contributed by atoms with Crippen LogP contribution in [0, 0.1) is 11.6 Å². The Hall–Kier alpha value is -4.63. The molecule has 2 aromatic carbocycles. The molecule has 0 spiro atoms. The molecule has 3 aliphatic heterocycles. The number of methoxy groups -OCH3 is 1. The van der Waals surface area contributed by atoms with E-state index in [2.05, 4.69) is 0 Å². The van der Waals surface area contributed by atoms with Gasteiger partial charge in [0.2, 0.25) is 18.0 Å². The van der Waals surface area contributed by atoms with Gasteiger partial charge in [0.05, 0.1) is 32.8 Å². The Morgan fingerprint density at radius 3 is 2.65 bits per heavy atom. The first-order chi connectivity index (χ1) is 23.7. The van der Waals surface area contributed by atoms with E-state index >= 15 is 4.39 Å². The predicted octanol–water partition coefficient (Wildman–Crippen LogP) is 4.64. The maximum Gasteiger partial charge on any atom is 0.511 e. The minimum absolute atomic E-state index is 0.0978. The zero-order chi connectivity index (χ0) is 34.3. The van der Waals surface area contributed by atoms with E-state index < -0.39 is 59.7 Å². The van der Waals surface area contributed by atoms with Crippen LogP contribution in [0.25, 0.3) is 0 Å². The van der Waals surface area contributed by atoms with E-state index in [1.54, 1.807) is 11.0 Å². The number of morpholine rings is 1. The summed E-state index contributed by atoms with van der Waals surface area (Å²) >= 11 is 1.37. The number of nitrogens with zero attached hydrogens (tertiary/aromatic N) is 3. The summed E-state index contributed by atoms with van der Waals surface area (Å²) < 4.78 is 58.6. The molecule has 3 aromatic rings. The Bertz CT molecular complexity index is 1860. The van der Waals surface area contributed by atoms with Crippen molar-refractivity contribution in [2.75, 3.05) is 38.7 Å². The van der Waals surface area contributed by atoms with Crippen LogP contribution in [0.2, 0.25) is 0 Å². The highest BCUT2D eigenvalue weighted by molar-refractivity contribution is 7.98. The Labute approximate surface area is 283 Å². The first kappa shape index (κ1) is 32.9. The summed E-state index contributed by atoms with van der Waals surface area (Å²) in [6.07, 6.45) is 1.93. The molecule has 2 atom stereocenters. The second-order valence-corrected chi connectivity index (χ2v) is 13.2. The summed E-state index contributed by atoms with van der Waals surface area (Å²) in [5, 5.41) is 1.81. The third kappa shape index (κ3) is 5.98. The lowest BCUT2D eigenvalue weighted by Crippen LogP contribution is -2.66. The average Bonchev–Trinajstić information content (AvgIpc) is 3.48. The zero-order valence-corrected chi connectivity index (χ0v) is 27.3. The largest absolute Gasteiger partial charge is 0.511 e. The van der Waals surface area contributed by atoms with E-state index in [0.29, 0.717) is 18.4 Å². The Morgan fingerprint density at radius 2 is 1.86 bits per heavy atom. The SMILES string of the molecule is COC(=O)CC1(OC(=O)OCOc2c3n(ccc2=O)N([C@@H]2c4ccccc4SCc4c2ccc(F)c4F)[C@@H]2COCCN2C3=O)CCCC1. The zero-order valence-electron chi connectivity index (χ0n) is 26.5. The number of aromatic nitrogens is 1. The van der Waals surface area contributed by atoms with Gasteiger partial charge < -0.3 is 28.6 Å². The first-order valence-corrected chi connectivity index (χ1v) is 16.9. The minimum Gasteiger partial charge on any atom is -0.469 e. The number of esters is 1. The van der Waals surface area contributed by atoms with Crippen molar-refractivity contribution in [1.29, 1.82) is 0 Å². The second kappa shape index (κ2) is 13.3. The van der Waals surface area contributed by atoms with Gasteiger partial charge in [0.15, 0.2) is 17.3 Å². The maximum atomic E-state index is 15.4. The molecule has 0 N–H and O–H groups in total. The molecule has 4 aliphatic rings. The fraction of sp³-hybridized carbons (Fsp3) is 0.412. The van der Waals surface area contributed by atoms with Crippen molar-refractivity contribution in [3.63, 3.8) is 0 Å². The topological polar surface area (TPSA) is 126 Å². The molecule has 1 aromatic heterocycles. The summed E-state index contributed by atoms with van der Waals surface area (Å²) in [5.41, 5.74) is -0.399. The quantitative estimate of drug-likeness (QED) is 0.253. The van der Waals surface area contributed by atoms with Gasteiger partial charge in [-0.1, -0.05) is 24.3 Å². The fourth-order valence-electron chi connectivity index (χ4n) is 7.12. The summed E-state index contributed by atoms with van der Waals surface area (Å²) in [5.74, 6) is -3.17. The third-order valence-electron chi connectivity index (χ3n) is 9.42. The number of rotatable bonds is 7. The number of thioether (sulfide) groups is 1. The van der Waals surface area contributed by atoms with E-state index in [0.717, 1.165) is 29.4 Å². The molecular weight excluding hydrogens is 664 g/mol. The Kier molecular flexibility index (Phi) is 8.96. The third-order valence-corrected chi connectivity index (χ3v) is 10.5. The van der Waals surface area contributed by atoms with Gasteiger partial charge in [-0.2, -0.15) is 0 Å². The molecule has 1 saturated carbocycles. The molecule has 0 unspecified atom stereocenters. The number of hydrogen-bond donors (Lipinski definition) is 0. The van der Waals surface area contributed by atoms with E-state index in [-0.39, 0.29) is 48.9 Å². The number of fused-ring (bicyclic) bond motifs is 4. The molecule has 2 fully saturated rings. The van der Waals surface area contributed by atoms with Gasteiger partial charge >= 0.3 is 12.1 Å². The highest BCUT2D eigenvalue weighted by Gasteiger charge is 2.47. The minimum atomic E-state index is -1.10. The van der Waals surface area contributed by atoms with Gasteiger partial charge in [0.1, 0.15) is 11.8 Å². The lowest BCUT2D eigenvalue weighted by molar-refractivity contribution is -0.147. The monoisotopic (exact) mass is 697 g/mol. The molecule has 1 amide bonds. The van der Waals surface area contributed by atoms with Gasteiger partial charge in [-0.15, -0.1) is 11.8 Å². The van der Waals surface area contributed by atoms with Gasteiger partial charge in [-0.05, 0) is 48.9 Å². The molecule has 1 saturated heterocycles. The molecule has 1 aliphatic carbocycles. The lowest BCUT2D eigenvalue weighted by Gasteiger charge is -2.51. The van der Waals surface area contributed by atoms with Crippen LogP contribution < -0.4 is 15.2 Å². The van der Waals surface area contributed by atoms with Crippen LogP contribution >= 0.6 is 11.8 Å². The maximum absolute atomic E-state index is 15.4. The lowest BCUT2D eigenvalue weighted by atomic mass is 9.93. The van der Waals surface area contributed by atoms with Crippen LogP contribution in [0.15, 0.2) is 58.4 Å². The molecule has 0 radical (unpaired) electrons. The van der Waals surface area contributed by atoms with Crippen molar-refractivity contribution < 1.29 is 46.8 Å². The molecule has 4 heterocycles. The average molecular weight is 698 g/mol. The van der Waals surface area contributed by atoms with E-state index in [9.17, 15) is 23.6 Å². The molecule has 15 heteroatoms. The van der Waals surface area contributed by atoms with Crippen LogP contribution in [0.1, 0.15) is 65.3 Å². The predicted molar refractivity (Wildman–Crippen MR) is 170 cm³/mol. The number of halogens is 2. The standard InChI is InChI=1S/C34H33F2N3O9S/c1-44-27(41)16-34(11-4-5-12-34)48-33(43)47-19-46-31-24(40)10-13-38-30(31)32(42)37-14-15-45-17-26(37)39(38)29-20-8-9-23(35)28(36)22(20)18-49-25-7-3-2-6-21(25)29/h2-3,6-10,13,26,29H,4-5,11-12,14-19H2,1H3/t26-,29+/m1/s1. The summed E-state index contributed by atoms with van der Waals surface area (Å²) in [6.45, 7) is -0.253. The number of carbonyl (C=O) groups excluding carboxylic acids is 3. The van der Waals surface area contributed by atoms with Crippen molar-refractivity contribution >= 4 is 29.8 Å². The van der Waals surface area contributed by atoms with Gasteiger partial charge in [0, 0.05) is 35.0 Å². The summed E-state index contributed by atoms with van der Waals surface area (Å²) in [7, 11) is 1.25. The van der Waals surface area contributed by atoms with Crippen LogP contribution in [0.3, 0.4) is 0 Å². The van der Waals surface area contributed by atoms with E-state index in [1.165, 1.54) is 35.8 Å². The molecule has 12 nitrogen and oxygen atoms in total. The number of pyridine rings is 1. The normalized spacial score (nSPS) is 20.7. The van der Waals surface area contributed by atoms with Crippen LogP contribution in [0.4, 0.5) is 13.6 Å². The summed E-state index contributed by atoms with van der Waals surface area (Å²) in [6, 6.07) is 10.6. The number of amides is 1. The highest BCUT2D eigenvalue weighted by Crippen LogP contribution is 2.45. The Morgan fingerprint density at radius 1 is 1.06 bits per heavy atom. The number of hydrogen-bond acceptors (Lipinski definition) is 11. The van der Waals surface area contributed by atoms with Crippen LogP contribution in [-0.2, 0) is 29.5 Å². The molecule has 7 rings (SSSR count). The number of benzene rings is 2. The van der Waals surface area contributed by atoms with Gasteiger partial charge in [-0.3, -0.25) is 24.1 Å². The Balaban J connectivity index is 1.26. The molecular formula is C34H33F2N3O9S. The highest BCUT2D eigenvalue weighted by atomic mass is 32.2. The van der Waals surface area contributed by atoms with Crippen LogP contribution in [0.5, 0.6) is 5.75 Å². The van der Waals surface area contributed by atoms with Crippen molar-refractivity contribution in [2.45, 2.75) is 60.6 Å². The molecule has 49 heavy (non-hydrogen) atoms. The molecule has 258 valence electrons. The number of ether oxygens (including phenoxy) is 5. The molecule has 0 bridgehead atoms. The van der Waals surface area contributed by atoms with Crippen molar-refractivity contribution in [3.05, 3.63) is 92.9 Å². The van der Waals surface area contributed by atoms with E-state index in [4.69, 9.17) is 23.7 Å². The fourth-order valence-corrected chi connectivity index (χ4v) is 8.24. The second-order valence-electron chi connectivity index (χ2n) is 12.2. The number of carbonyl (C=O) groups is 3. The van der Waals surface area contributed by atoms with Gasteiger partial charge in [0.25, 0.3) is 5.91 Å². The van der Waals surface area contributed by atoms with E-state index in [1.807, 2.05) is 29.3 Å². The van der Waals surface area contributed by atoms with Crippen molar-refractivity contribution in [1.82, 2.24) is 9.58 Å². The first-order valence-electron chi connectivity index (χ1n) is 15.9. The summed E-state index contributed by atoms with van der Waals surface area (Å²) in [4.78, 5) is 54.6. The van der Waals surface area contributed by atoms with Crippen molar-refractivity contribution in [2.24, 2.45) is 0 Å². The van der Waals surface area contributed by atoms with Gasteiger partial charge in [-0.25, -0.2) is 13.6 Å². The van der Waals surface area contributed by atoms with Crippen molar-refractivity contribution in [3.8, 4) is 5.75 Å². The van der Waals surface area contributed by atoms with Crippen LogP contribution in [-0.4, -0.2) is 73.0 Å². The smallest absolute Gasteiger partial charge is 0.469 e.